The summed E-state index contributed by atoms with van der Waals surface area (Å²) in [5.74, 6) is 2.66. The Morgan fingerprint density at radius 3 is 2.73 bits per heavy atom. The van der Waals surface area contributed by atoms with Crippen molar-refractivity contribution in [2.45, 2.75) is 13.5 Å². The maximum absolute atomic E-state index is 12.2. The van der Waals surface area contributed by atoms with Gasteiger partial charge in [0.15, 0.2) is 5.78 Å². The summed E-state index contributed by atoms with van der Waals surface area (Å²) >= 11 is 0. The Morgan fingerprint density at radius 1 is 1.08 bits per heavy atom. The molecule has 4 nitrogen and oxygen atoms in total. The summed E-state index contributed by atoms with van der Waals surface area (Å²) < 4.78 is 16.6. The predicted molar refractivity (Wildman–Crippen MR) is 101 cm³/mol. The number of hydrogen-bond acceptors (Lipinski definition) is 4. The van der Waals surface area contributed by atoms with Crippen LogP contribution in [0.3, 0.4) is 0 Å². The van der Waals surface area contributed by atoms with E-state index in [9.17, 15) is 4.79 Å². The van der Waals surface area contributed by atoms with Crippen LogP contribution in [0.15, 0.2) is 71.2 Å². The first-order valence-electron chi connectivity index (χ1n) is 8.29. The van der Waals surface area contributed by atoms with Gasteiger partial charge in [-0.15, -0.1) is 0 Å². The van der Waals surface area contributed by atoms with Gasteiger partial charge in [-0.25, -0.2) is 0 Å². The summed E-state index contributed by atoms with van der Waals surface area (Å²) in [6.07, 6.45) is 3.14. The number of carbonyl (C=O) groups excluding carboxylic acids is 1. The number of ketones is 1. The van der Waals surface area contributed by atoms with E-state index in [1.54, 1.807) is 37.5 Å². The minimum atomic E-state index is -0.113. The predicted octanol–water partition coefficient (Wildman–Crippen LogP) is 5.07. The van der Waals surface area contributed by atoms with Crippen molar-refractivity contribution in [1.82, 2.24) is 0 Å². The first-order chi connectivity index (χ1) is 12.7. The van der Waals surface area contributed by atoms with Gasteiger partial charge in [0.05, 0.1) is 7.11 Å². The van der Waals surface area contributed by atoms with Gasteiger partial charge in [0.25, 0.3) is 0 Å². The smallest absolute Gasteiger partial charge is 0.186 e. The van der Waals surface area contributed by atoms with Gasteiger partial charge in [-0.05, 0) is 55.0 Å². The molecule has 1 heterocycles. The molecule has 1 aromatic heterocycles. The quantitative estimate of drug-likeness (QED) is 0.442. The first-order valence-corrected chi connectivity index (χ1v) is 8.29. The van der Waals surface area contributed by atoms with Crippen molar-refractivity contribution in [2.75, 3.05) is 7.11 Å². The molecule has 0 aliphatic rings. The number of carbonyl (C=O) groups is 1. The highest BCUT2D eigenvalue weighted by atomic mass is 16.5. The molecule has 0 amide bonds. The van der Waals surface area contributed by atoms with Gasteiger partial charge >= 0.3 is 0 Å². The molecule has 0 bridgehead atoms. The van der Waals surface area contributed by atoms with Crippen molar-refractivity contribution in [3.8, 4) is 11.5 Å². The van der Waals surface area contributed by atoms with Crippen LogP contribution in [-0.4, -0.2) is 12.9 Å². The van der Waals surface area contributed by atoms with Crippen molar-refractivity contribution >= 4 is 11.9 Å². The molecule has 0 N–H and O–H groups in total. The number of hydrogen-bond donors (Lipinski definition) is 0. The third-order valence-corrected chi connectivity index (χ3v) is 3.90. The molecule has 132 valence electrons. The molecule has 0 saturated heterocycles. The molecule has 0 aliphatic carbocycles. The van der Waals surface area contributed by atoms with Crippen LogP contribution in [0.25, 0.3) is 6.08 Å². The average Bonchev–Trinajstić information content (AvgIpc) is 3.13. The molecule has 2 aromatic carbocycles. The number of methoxy groups -OCH3 is 1. The highest BCUT2D eigenvalue weighted by molar-refractivity contribution is 6.06. The van der Waals surface area contributed by atoms with Gasteiger partial charge in [-0.3, -0.25) is 4.79 Å². The van der Waals surface area contributed by atoms with Gasteiger partial charge in [0.1, 0.15) is 29.6 Å². The van der Waals surface area contributed by atoms with Gasteiger partial charge in [0, 0.05) is 5.56 Å². The fraction of sp³-hybridized carbons (Fsp3) is 0.136. The van der Waals surface area contributed by atoms with Crippen molar-refractivity contribution in [1.29, 1.82) is 0 Å². The fourth-order valence-electron chi connectivity index (χ4n) is 2.46. The Balaban J connectivity index is 1.61. The Kier molecular flexibility index (Phi) is 5.54. The highest BCUT2D eigenvalue weighted by Crippen LogP contribution is 2.19. The summed E-state index contributed by atoms with van der Waals surface area (Å²) in [6.45, 7) is 2.33. The van der Waals surface area contributed by atoms with E-state index in [0.29, 0.717) is 29.4 Å². The Morgan fingerprint density at radius 2 is 1.92 bits per heavy atom. The summed E-state index contributed by atoms with van der Waals surface area (Å²) in [6, 6.07) is 18.5. The van der Waals surface area contributed by atoms with E-state index in [1.807, 2.05) is 43.3 Å². The number of furan rings is 1. The summed E-state index contributed by atoms with van der Waals surface area (Å²) in [5.41, 5.74) is 1.64. The van der Waals surface area contributed by atoms with E-state index in [-0.39, 0.29) is 5.78 Å². The average molecular weight is 348 g/mol. The van der Waals surface area contributed by atoms with E-state index >= 15 is 0 Å². The fourth-order valence-corrected chi connectivity index (χ4v) is 2.46. The van der Waals surface area contributed by atoms with Crippen molar-refractivity contribution in [2.24, 2.45) is 0 Å². The van der Waals surface area contributed by atoms with E-state index < -0.39 is 0 Å². The lowest BCUT2D eigenvalue weighted by Crippen LogP contribution is -1.95. The summed E-state index contributed by atoms with van der Waals surface area (Å²) in [7, 11) is 1.57. The zero-order valence-corrected chi connectivity index (χ0v) is 14.8. The number of benzene rings is 2. The number of allylic oxidation sites excluding steroid dienone is 1. The molecule has 0 fully saturated rings. The topological polar surface area (TPSA) is 48.7 Å². The van der Waals surface area contributed by atoms with Gasteiger partial charge in [-0.2, -0.15) is 0 Å². The zero-order chi connectivity index (χ0) is 18.4. The van der Waals surface area contributed by atoms with Crippen LogP contribution in [0, 0.1) is 6.92 Å². The number of rotatable bonds is 7. The Bertz CT molecular complexity index is 921. The Hall–Kier alpha value is -3.27. The lowest BCUT2D eigenvalue weighted by Gasteiger charge is -2.06. The van der Waals surface area contributed by atoms with Crippen molar-refractivity contribution in [3.05, 3.63) is 89.4 Å². The van der Waals surface area contributed by atoms with E-state index in [2.05, 4.69) is 0 Å². The normalized spacial score (nSPS) is 10.8. The van der Waals surface area contributed by atoms with E-state index in [4.69, 9.17) is 13.9 Å². The molecule has 0 unspecified atom stereocenters. The van der Waals surface area contributed by atoms with Crippen LogP contribution in [0.2, 0.25) is 0 Å². The third-order valence-electron chi connectivity index (χ3n) is 3.90. The van der Waals surface area contributed by atoms with Gasteiger partial charge < -0.3 is 13.9 Å². The maximum atomic E-state index is 12.2. The molecule has 0 spiro atoms. The lowest BCUT2D eigenvalue weighted by molar-refractivity contribution is 0.104. The molecule has 0 radical (unpaired) electrons. The molecule has 0 saturated carbocycles. The molecule has 26 heavy (non-hydrogen) atoms. The number of ether oxygens (including phenoxy) is 2. The minimum absolute atomic E-state index is 0.113. The van der Waals surface area contributed by atoms with Gasteiger partial charge in [-0.1, -0.05) is 30.3 Å². The molecule has 3 aromatic rings. The van der Waals surface area contributed by atoms with Crippen LogP contribution in [0.1, 0.15) is 27.4 Å². The Labute approximate surface area is 152 Å². The zero-order valence-electron chi connectivity index (χ0n) is 14.8. The van der Waals surface area contributed by atoms with Crippen LogP contribution < -0.4 is 9.47 Å². The molecular formula is C22H20O4. The second-order valence-electron chi connectivity index (χ2n) is 5.79. The van der Waals surface area contributed by atoms with Crippen LogP contribution in [-0.2, 0) is 6.61 Å². The monoisotopic (exact) mass is 348 g/mol. The van der Waals surface area contributed by atoms with E-state index in [1.165, 1.54) is 6.08 Å². The summed E-state index contributed by atoms with van der Waals surface area (Å²) in [5, 5.41) is 0. The van der Waals surface area contributed by atoms with Gasteiger partial charge in [0.2, 0.25) is 0 Å². The SMILES string of the molecule is COc1cccc(C(=O)/C=C/c2ccc(COc3ccccc3C)o2)c1. The first kappa shape index (κ1) is 17.5. The standard InChI is InChI=1S/C22H20O4/c1-16-6-3-4-9-22(16)25-15-20-11-10-18(26-20)12-13-21(23)17-7-5-8-19(14-17)24-2/h3-14H,15H2,1-2H3/b13-12+. The van der Waals surface area contributed by atoms with Crippen LogP contribution in [0.4, 0.5) is 0 Å². The largest absolute Gasteiger partial charge is 0.497 e. The molecule has 3 rings (SSSR count). The molecular weight excluding hydrogens is 328 g/mol. The van der Waals surface area contributed by atoms with Crippen LogP contribution in [0.5, 0.6) is 11.5 Å². The van der Waals surface area contributed by atoms with Crippen molar-refractivity contribution < 1.29 is 18.7 Å². The van der Waals surface area contributed by atoms with Crippen LogP contribution >= 0.6 is 0 Å². The highest BCUT2D eigenvalue weighted by Gasteiger charge is 2.05. The number of aryl methyl sites for hydroxylation is 1. The summed E-state index contributed by atoms with van der Waals surface area (Å²) in [4.78, 5) is 12.2. The maximum Gasteiger partial charge on any atom is 0.186 e. The molecule has 0 atom stereocenters. The minimum Gasteiger partial charge on any atom is -0.497 e. The molecule has 4 heteroatoms. The molecule has 0 aliphatic heterocycles. The number of para-hydroxylation sites is 1. The second kappa shape index (κ2) is 8.21. The van der Waals surface area contributed by atoms with Crippen molar-refractivity contribution in [3.63, 3.8) is 0 Å². The second-order valence-corrected chi connectivity index (χ2v) is 5.79. The lowest BCUT2D eigenvalue weighted by atomic mass is 10.1. The van der Waals surface area contributed by atoms with E-state index in [0.717, 1.165) is 11.3 Å². The third kappa shape index (κ3) is 4.42.